The van der Waals surface area contributed by atoms with Crippen molar-refractivity contribution in [3.05, 3.63) is 24.3 Å². The molecule has 0 aliphatic rings. The van der Waals surface area contributed by atoms with Crippen molar-refractivity contribution in [2.45, 2.75) is 12.8 Å². The van der Waals surface area contributed by atoms with Crippen LogP contribution in [0.25, 0.3) is 0 Å². The predicted octanol–water partition coefficient (Wildman–Crippen LogP) is 1.79. The molecule has 0 saturated heterocycles. The summed E-state index contributed by atoms with van der Waals surface area (Å²) in [5, 5.41) is 2.78. The van der Waals surface area contributed by atoms with Crippen molar-refractivity contribution in [3.63, 3.8) is 0 Å². The predicted molar refractivity (Wildman–Crippen MR) is 67.2 cm³/mol. The summed E-state index contributed by atoms with van der Waals surface area (Å²) in [5.41, 5.74) is 6.02. The van der Waals surface area contributed by atoms with Crippen LogP contribution < -0.4 is 15.8 Å². The summed E-state index contributed by atoms with van der Waals surface area (Å²) in [6, 6.07) is 7.31. The molecule has 0 spiro atoms. The first-order valence-electron chi connectivity index (χ1n) is 4.91. The highest BCUT2D eigenvalue weighted by molar-refractivity contribution is 5.92. The SMILES string of the molecule is COc1ccccc1NC(=O)CCCN.Cl. The smallest absolute Gasteiger partial charge is 0.224 e. The first-order valence-corrected chi connectivity index (χ1v) is 4.91. The number of ether oxygens (including phenoxy) is 1. The number of para-hydroxylation sites is 2. The molecule has 0 radical (unpaired) electrons. The Morgan fingerprint density at radius 2 is 2.12 bits per heavy atom. The van der Waals surface area contributed by atoms with Gasteiger partial charge in [-0.05, 0) is 25.1 Å². The summed E-state index contributed by atoms with van der Waals surface area (Å²) in [4.78, 5) is 11.4. The second kappa shape index (κ2) is 7.96. The number of hydrogen-bond donors (Lipinski definition) is 2. The van der Waals surface area contributed by atoms with E-state index in [1.165, 1.54) is 0 Å². The lowest BCUT2D eigenvalue weighted by molar-refractivity contribution is -0.116. The highest BCUT2D eigenvalue weighted by Gasteiger charge is 2.05. The fraction of sp³-hybridized carbons (Fsp3) is 0.364. The number of halogens is 1. The zero-order valence-corrected chi connectivity index (χ0v) is 10.0. The van der Waals surface area contributed by atoms with E-state index in [1.54, 1.807) is 19.2 Å². The van der Waals surface area contributed by atoms with E-state index in [-0.39, 0.29) is 18.3 Å². The number of nitrogens with one attached hydrogen (secondary N) is 1. The molecule has 0 fully saturated rings. The normalized spacial score (nSPS) is 9.12. The Labute approximate surface area is 102 Å². The molecule has 1 rings (SSSR count). The summed E-state index contributed by atoms with van der Waals surface area (Å²) in [6.07, 6.45) is 1.13. The minimum absolute atomic E-state index is 0. The molecule has 0 unspecified atom stereocenters. The average Bonchev–Trinajstić information content (AvgIpc) is 2.27. The van der Waals surface area contributed by atoms with Crippen LogP contribution in [-0.4, -0.2) is 19.6 Å². The lowest BCUT2D eigenvalue weighted by Gasteiger charge is -2.09. The Bertz CT molecular complexity index is 332. The second-order valence-electron chi connectivity index (χ2n) is 3.14. The van der Waals surface area contributed by atoms with Crippen molar-refractivity contribution in [1.82, 2.24) is 0 Å². The van der Waals surface area contributed by atoms with Gasteiger partial charge in [-0.3, -0.25) is 4.79 Å². The van der Waals surface area contributed by atoms with Crippen molar-refractivity contribution in [3.8, 4) is 5.75 Å². The van der Waals surface area contributed by atoms with Gasteiger partial charge in [0, 0.05) is 6.42 Å². The Kier molecular flexibility index (Phi) is 7.33. The number of carbonyl (C=O) groups excluding carboxylic acids is 1. The van der Waals surface area contributed by atoms with Crippen LogP contribution >= 0.6 is 12.4 Å². The number of hydrogen-bond acceptors (Lipinski definition) is 3. The molecule has 0 heterocycles. The maximum absolute atomic E-state index is 11.4. The van der Waals surface area contributed by atoms with Crippen LogP contribution in [0.2, 0.25) is 0 Å². The standard InChI is InChI=1S/C11H16N2O2.ClH/c1-15-10-6-3-2-5-9(10)13-11(14)7-4-8-12;/h2-3,5-6H,4,7-8,12H2,1H3,(H,13,14);1H. The van der Waals surface area contributed by atoms with Crippen LogP contribution in [0.15, 0.2) is 24.3 Å². The summed E-state index contributed by atoms with van der Waals surface area (Å²) in [6.45, 7) is 0.527. The Balaban J connectivity index is 0.00000225. The minimum atomic E-state index is -0.0371. The van der Waals surface area contributed by atoms with Gasteiger partial charge in [-0.1, -0.05) is 12.1 Å². The molecular weight excluding hydrogens is 228 g/mol. The average molecular weight is 245 g/mol. The molecule has 0 saturated carbocycles. The number of methoxy groups -OCH3 is 1. The van der Waals surface area contributed by atoms with Gasteiger partial charge in [-0.25, -0.2) is 0 Å². The fourth-order valence-corrected chi connectivity index (χ4v) is 1.22. The largest absolute Gasteiger partial charge is 0.495 e. The van der Waals surface area contributed by atoms with Gasteiger partial charge in [0.05, 0.1) is 12.8 Å². The number of nitrogens with two attached hydrogens (primary N) is 1. The van der Waals surface area contributed by atoms with Gasteiger partial charge in [0.15, 0.2) is 0 Å². The highest BCUT2D eigenvalue weighted by atomic mass is 35.5. The van der Waals surface area contributed by atoms with Gasteiger partial charge in [0.1, 0.15) is 5.75 Å². The van der Waals surface area contributed by atoms with Crippen molar-refractivity contribution in [1.29, 1.82) is 0 Å². The van der Waals surface area contributed by atoms with E-state index in [0.717, 1.165) is 0 Å². The third-order valence-electron chi connectivity index (χ3n) is 1.99. The van der Waals surface area contributed by atoms with Crippen LogP contribution in [0.5, 0.6) is 5.75 Å². The van der Waals surface area contributed by atoms with Crippen LogP contribution in [0.4, 0.5) is 5.69 Å². The summed E-state index contributed by atoms with van der Waals surface area (Å²) in [7, 11) is 1.57. The lowest BCUT2D eigenvalue weighted by Crippen LogP contribution is -2.13. The second-order valence-corrected chi connectivity index (χ2v) is 3.14. The van der Waals surface area contributed by atoms with Crippen LogP contribution in [-0.2, 0) is 4.79 Å². The fourth-order valence-electron chi connectivity index (χ4n) is 1.22. The number of carbonyl (C=O) groups is 1. The topological polar surface area (TPSA) is 64.3 Å². The summed E-state index contributed by atoms with van der Waals surface area (Å²) >= 11 is 0. The van der Waals surface area contributed by atoms with E-state index in [1.807, 2.05) is 12.1 Å². The van der Waals surface area contributed by atoms with E-state index >= 15 is 0 Å². The number of anilines is 1. The van der Waals surface area contributed by atoms with E-state index in [9.17, 15) is 4.79 Å². The third-order valence-corrected chi connectivity index (χ3v) is 1.99. The van der Waals surface area contributed by atoms with Crippen molar-refractivity contribution in [2.75, 3.05) is 19.0 Å². The molecule has 0 aromatic heterocycles. The molecule has 3 N–H and O–H groups in total. The third kappa shape index (κ3) is 4.51. The highest BCUT2D eigenvalue weighted by Crippen LogP contribution is 2.22. The summed E-state index contributed by atoms with van der Waals surface area (Å²) in [5.74, 6) is 0.628. The molecule has 90 valence electrons. The van der Waals surface area contributed by atoms with E-state index in [2.05, 4.69) is 5.32 Å². The van der Waals surface area contributed by atoms with Crippen molar-refractivity contribution >= 4 is 24.0 Å². The quantitative estimate of drug-likeness (QED) is 0.830. The van der Waals surface area contributed by atoms with E-state index in [0.29, 0.717) is 30.8 Å². The van der Waals surface area contributed by atoms with Crippen LogP contribution in [0, 0.1) is 0 Å². The molecule has 0 aliphatic carbocycles. The van der Waals surface area contributed by atoms with E-state index < -0.39 is 0 Å². The number of rotatable bonds is 5. The molecule has 5 heteroatoms. The van der Waals surface area contributed by atoms with Crippen LogP contribution in [0.3, 0.4) is 0 Å². The molecule has 1 amide bonds. The Morgan fingerprint density at radius 1 is 1.44 bits per heavy atom. The van der Waals surface area contributed by atoms with Gasteiger partial charge in [0.2, 0.25) is 5.91 Å². The molecule has 1 aromatic rings. The van der Waals surface area contributed by atoms with Gasteiger partial charge >= 0.3 is 0 Å². The van der Waals surface area contributed by atoms with Gasteiger partial charge in [0.25, 0.3) is 0 Å². The molecule has 0 atom stereocenters. The molecular formula is C11H17ClN2O2. The maximum Gasteiger partial charge on any atom is 0.224 e. The molecule has 0 bridgehead atoms. The Hall–Kier alpha value is -1.26. The van der Waals surface area contributed by atoms with Gasteiger partial charge in [-0.2, -0.15) is 0 Å². The molecule has 4 nitrogen and oxygen atoms in total. The monoisotopic (exact) mass is 244 g/mol. The molecule has 1 aromatic carbocycles. The first kappa shape index (κ1) is 14.7. The minimum Gasteiger partial charge on any atom is -0.495 e. The summed E-state index contributed by atoms with van der Waals surface area (Å²) < 4.78 is 5.11. The zero-order chi connectivity index (χ0) is 11.1. The Morgan fingerprint density at radius 3 is 2.75 bits per heavy atom. The molecule has 16 heavy (non-hydrogen) atoms. The van der Waals surface area contributed by atoms with Crippen LogP contribution in [0.1, 0.15) is 12.8 Å². The van der Waals surface area contributed by atoms with Crippen molar-refractivity contribution < 1.29 is 9.53 Å². The zero-order valence-electron chi connectivity index (χ0n) is 9.23. The van der Waals surface area contributed by atoms with Gasteiger partial charge < -0.3 is 15.8 Å². The molecule has 0 aliphatic heterocycles. The number of benzene rings is 1. The van der Waals surface area contributed by atoms with Crippen molar-refractivity contribution in [2.24, 2.45) is 5.73 Å². The lowest BCUT2D eigenvalue weighted by atomic mass is 10.2. The van der Waals surface area contributed by atoms with E-state index in [4.69, 9.17) is 10.5 Å². The number of amides is 1. The maximum atomic E-state index is 11.4. The van der Waals surface area contributed by atoms with Gasteiger partial charge in [-0.15, -0.1) is 12.4 Å². The first-order chi connectivity index (χ1) is 7.27.